The fourth-order valence-corrected chi connectivity index (χ4v) is 1.86. The fourth-order valence-electron chi connectivity index (χ4n) is 1.86. The van der Waals surface area contributed by atoms with Gasteiger partial charge in [-0.15, -0.1) is 0 Å². The summed E-state index contributed by atoms with van der Waals surface area (Å²) < 4.78 is 5.15. The van der Waals surface area contributed by atoms with E-state index in [2.05, 4.69) is 6.07 Å². The fraction of sp³-hybridized carbons (Fsp3) is 0.429. The largest absolute Gasteiger partial charge is 0.502 e. The Kier molecular flexibility index (Phi) is 4.28. The summed E-state index contributed by atoms with van der Waals surface area (Å²) in [6.07, 6.45) is 8.70. The molecule has 0 fully saturated rings. The standard InChI is InChI=1S/C14H17NO2/c1-4-17-9-7-13-12(10-15)6-5-8-14(13,3)11(2)16/h5-9,13H,4H2,1-3H3/b9-7-/t13-,14-/m0/s1. The first-order valence-electron chi connectivity index (χ1n) is 5.65. The van der Waals surface area contributed by atoms with Crippen molar-refractivity contribution in [2.75, 3.05) is 6.61 Å². The quantitative estimate of drug-likeness (QED) is 0.699. The number of carbonyl (C=O) groups is 1. The molecule has 0 spiro atoms. The summed E-state index contributed by atoms with van der Waals surface area (Å²) in [5.74, 6) is -0.206. The van der Waals surface area contributed by atoms with Crippen LogP contribution in [0.3, 0.4) is 0 Å². The zero-order valence-corrected chi connectivity index (χ0v) is 10.4. The van der Waals surface area contributed by atoms with Gasteiger partial charge in [-0.1, -0.05) is 12.2 Å². The van der Waals surface area contributed by atoms with Gasteiger partial charge in [-0.3, -0.25) is 4.79 Å². The zero-order chi connectivity index (χ0) is 12.9. The molecule has 3 heteroatoms. The molecule has 1 rings (SSSR count). The van der Waals surface area contributed by atoms with Gasteiger partial charge in [-0.05, 0) is 32.9 Å². The third kappa shape index (κ3) is 2.65. The second-order valence-corrected chi connectivity index (χ2v) is 4.19. The molecule has 90 valence electrons. The minimum atomic E-state index is -0.659. The molecule has 17 heavy (non-hydrogen) atoms. The molecule has 0 aromatic carbocycles. The third-order valence-corrected chi connectivity index (χ3v) is 3.12. The highest BCUT2D eigenvalue weighted by Gasteiger charge is 2.38. The maximum atomic E-state index is 11.8. The molecule has 0 heterocycles. The predicted molar refractivity (Wildman–Crippen MR) is 65.9 cm³/mol. The van der Waals surface area contributed by atoms with E-state index in [1.165, 1.54) is 0 Å². The van der Waals surface area contributed by atoms with Crippen LogP contribution in [0.2, 0.25) is 0 Å². The molecule has 1 aliphatic carbocycles. The Bertz CT molecular complexity index is 426. The lowest BCUT2D eigenvalue weighted by atomic mass is 9.68. The number of nitriles is 1. The van der Waals surface area contributed by atoms with E-state index in [1.54, 1.807) is 31.4 Å². The average molecular weight is 231 g/mol. The number of allylic oxidation sites excluding steroid dienone is 5. The van der Waals surface area contributed by atoms with Crippen molar-refractivity contribution in [3.63, 3.8) is 0 Å². The van der Waals surface area contributed by atoms with Crippen molar-refractivity contribution in [1.29, 1.82) is 5.26 Å². The summed E-state index contributed by atoms with van der Waals surface area (Å²) in [7, 11) is 0. The Morgan fingerprint density at radius 1 is 1.71 bits per heavy atom. The summed E-state index contributed by atoms with van der Waals surface area (Å²) in [6, 6.07) is 2.14. The van der Waals surface area contributed by atoms with Gasteiger partial charge in [0.2, 0.25) is 0 Å². The SMILES string of the molecule is CCO/C=C\[C@H]1C(C#N)=CC=C[C@@]1(C)C(C)=O. The van der Waals surface area contributed by atoms with E-state index in [1.807, 2.05) is 19.9 Å². The highest BCUT2D eigenvalue weighted by Crippen LogP contribution is 2.39. The molecule has 0 aliphatic heterocycles. The van der Waals surface area contributed by atoms with E-state index in [0.29, 0.717) is 12.2 Å². The van der Waals surface area contributed by atoms with Crippen molar-refractivity contribution >= 4 is 5.78 Å². The summed E-state index contributed by atoms with van der Waals surface area (Å²) in [5.41, 5.74) is -0.0749. The molecule has 0 radical (unpaired) electrons. The lowest BCUT2D eigenvalue weighted by Gasteiger charge is -2.32. The Balaban J connectivity index is 3.07. The zero-order valence-electron chi connectivity index (χ0n) is 10.4. The van der Waals surface area contributed by atoms with Crippen LogP contribution in [0.1, 0.15) is 20.8 Å². The van der Waals surface area contributed by atoms with Crippen LogP contribution in [-0.2, 0) is 9.53 Å². The summed E-state index contributed by atoms with van der Waals surface area (Å²) >= 11 is 0. The number of Topliss-reactive ketones (excluding diaryl/α,β-unsaturated/α-hetero) is 1. The van der Waals surface area contributed by atoms with E-state index >= 15 is 0 Å². The van der Waals surface area contributed by atoms with Crippen LogP contribution < -0.4 is 0 Å². The molecular formula is C14H17NO2. The number of nitrogens with zero attached hydrogens (tertiary/aromatic N) is 1. The maximum Gasteiger partial charge on any atom is 0.140 e. The molecule has 0 N–H and O–H groups in total. The van der Waals surface area contributed by atoms with Crippen LogP contribution in [0.25, 0.3) is 0 Å². The molecule has 0 aromatic heterocycles. The minimum absolute atomic E-state index is 0.0424. The van der Waals surface area contributed by atoms with Crippen LogP contribution in [0.5, 0.6) is 0 Å². The molecule has 1 aliphatic rings. The molecule has 0 amide bonds. The van der Waals surface area contributed by atoms with Gasteiger partial charge in [0.1, 0.15) is 5.78 Å². The number of carbonyl (C=O) groups excluding carboxylic acids is 1. The monoisotopic (exact) mass is 231 g/mol. The summed E-state index contributed by atoms with van der Waals surface area (Å²) in [4.78, 5) is 11.8. The Morgan fingerprint density at radius 2 is 2.41 bits per heavy atom. The number of rotatable bonds is 4. The van der Waals surface area contributed by atoms with Gasteiger partial charge in [-0.2, -0.15) is 5.26 Å². The lowest BCUT2D eigenvalue weighted by molar-refractivity contribution is -0.124. The van der Waals surface area contributed by atoms with Crippen molar-refractivity contribution in [2.24, 2.45) is 11.3 Å². The summed E-state index contributed by atoms with van der Waals surface area (Å²) in [6.45, 7) is 5.85. The van der Waals surface area contributed by atoms with Crippen molar-refractivity contribution in [3.05, 3.63) is 36.1 Å². The molecular weight excluding hydrogens is 214 g/mol. The average Bonchev–Trinajstić information content (AvgIpc) is 2.31. The van der Waals surface area contributed by atoms with Crippen LogP contribution in [0, 0.1) is 22.7 Å². The number of ketones is 1. The number of hydrogen-bond acceptors (Lipinski definition) is 3. The van der Waals surface area contributed by atoms with Gasteiger partial charge in [0.25, 0.3) is 0 Å². The van der Waals surface area contributed by atoms with E-state index in [-0.39, 0.29) is 11.7 Å². The predicted octanol–water partition coefficient (Wildman–Crippen LogP) is 2.77. The first-order valence-corrected chi connectivity index (χ1v) is 5.65. The van der Waals surface area contributed by atoms with Crippen LogP contribution in [0.4, 0.5) is 0 Å². The van der Waals surface area contributed by atoms with Crippen molar-refractivity contribution in [2.45, 2.75) is 20.8 Å². The molecule has 0 unspecified atom stereocenters. The summed E-state index contributed by atoms with van der Waals surface area (Å²) in [5, 5.41) is 9.09. The van der Waals surface area contributed by atoms with Gasteiger partial charge >= 0.3 is 0 Å². The third-order valence-electron chi connectivity index (χ3n) is 3.12. The Labute approximate surface area is 102 Å². The van der Waals surface area contributed by atoms with Crippen LogP contribution >= 0.6 is 0 Å². The van der Waals surface area contributed by atoms with Crippen LogP contribution in [-0.4, -0.2) is 12.4 Å². The Hall–Kier alpha value is -1.82. The second kappa shape index (κ2) is 5.49. The normalized spacial score (nSPS) is 27.6. The molecule has 0 bridgehead atoms. The Morgan fingerprint density at radius 3 is 2.94 bits per heavy atom. The van der Waals surface area contributed by atoms with Gasteiger partial charge < -0.3 is 4.74 Å². The number of ether oxygens (including phenoxy) is 1. The van der Waals surface area contributed by atoms with Gasteiger partial charge in [0.15, 0.2) is 0 Å². The highest BCUT2D eigenvalue weighted by atomic mass is 16.5. The van der Waals surface area contributed by atoms with E-state index in [9.17, 15) is 4.79 Å². The van der Waals surface area contributed by atoms with Crippen molar-refractivity contribution < 1.29 is 9.53 Å². The molecule has 0 saturated carbocycles. The van der Waals surface area contributed by atoms with Gasteiger partial charge in [0.05, 0.1) is 24.4 Å². The second-order valence-electron chi connectivity index (χ2n) is 4.19. The van der Waals surface area contributed by atoms with E-state index in [0.717, 1.165) is 0 Å². The molecule has 0 saturated heterocycles. The molecule has 0 aromatic rings. The van der Waals surface area contributed by atoms with Crippen LogP contribution in [0.15, 0.2) is 36.1 Å². The van der Waals surface area contributed by atoms with Gasteiger partial charge in [-0.25, -0.2) is 0 Å². The first kappa shape index (κ1) is 13.2. The number of hydrogen-bond donors (Lipinski definition) is 0. The minimum Gasteiger partial charge on any atom is -0.502 e. The maximum absolute atomic E-state index is 11.8. The van der Waals surface area contributed by atoms with E-state index in [4.69, 9.17) is 10.00 Å². The van der Waals surface area contributed by atoms with E-state index < -0.39 is 5.41 Å². The smallest absolute Gasteiger partial charge is 0.140 e. The van der Waals surface area contributed by atoms with Crippen molar-refractivity contribution in [3.8, 4) is 6.07 Å². The topological polar surface area (TPSA) is 50.1 Å². The van der Waals surface area contributed by atoms with Crippen molar-refractivity contribution in [1.82, 2.24) is 0 Å². The molecule has 2 atom stereocenters. The first-order chi connectivity index (χ1) is 8.06. The highest BCUT2D eigenvalue weighted by molar-refractivity contribution is 5.86. The molecule has 3 nitrogen and oxygen atoms in total. The van der Waals surface area contributed by atoms with Gasteiger partial charge in [0, 0.05) is 11.5 Å². The lowest BCUT2D eigenvalue weighted by Crippen LogP contribution is -2.34.